The number of unbranched alkanes of at least 4 members (excludes halogenated alkanes) is 8. The molecular formula is C29H46N2O2. The summed E-state index contributed by atoms with van der Waals surface area (Å²) in [6.07, 6.45) is 23.3. The van der Waals surface area contributed by atoms with Gasteiger partial charge in [-0.1, -0.05) is 75.5 Å². The Morgan fingerprint density at radius 3 is 2.18 bits per heavy atom. The van der Waals surface area contributed by atoms with E-state index >= 15 is 0 Å². The van der Waals surface area contributed by atoms with E-state index in [1.807, 2.05) is 23.1 Å². The number of carbonyl (C=O) groups is 1. The first-order valence-electron chi connectivity index (χ1n) is 13.2. The van der Waals surface area contributed by atoms with Crippen molar-refractivity contribution in [3.63, 3.8) is 0 Å². The van der Waals surface area contributed by atoms with Gasteiger partial charge in [0.1, 0.15) is 5.75 Å². The molecule has 184 valence electrons. The van der Waals surface area contributed by atoms with Crippen LogP contribution in [0.2, 0.25) is 0 Å². The fourth-order valence-electron chi connectivity index (χ4n) is 4.33. The Morgan fingerprint density at radius 1 is 0.848 bits per heavy atom. The van der Waals surface area contributed by atoms with Crippen molar-refractivity contribution in [1.82, 2.24) is 4.90 Å². The van der Waals surface area contributed by atoms with Crippen LogP contribution >= 0.6 is 0 Å². The molecular weight excluding hydrogens is 408 g/mol. The van der Waals surface area contributed by atoms with E-state index in [1.54, 1.807) is 7.11 Å². The smallest absolute Gasteiger partial charge is 0.222 e. The molecule has 0 saturated carbocycles. The maximum Gasteiger partial charge on any atom is 0.222 e. The van der Waals surface area contributed by atoms with Crippen LogP contribution in [-0.2, 0) is 4.79 Å². The van der Waals surface area contributed by atoms with Gasteiger partial charge in [0, 0.05) is 32.6 Å². The molecule has 0 aliphatic carbocycles. The number of nitrogens with zero attached hydrogens (tertiary/aromatic N) is 2. The molecule has 33 heavy (non-hydrogen) atoms. The highest BCUT2D eigenvalue weighted by molar-refractivity contribution is 5.76. The molecule has 1 aliphatic rings. The quantitative estimate of drug-likeness (QED) is 0.196. The van der Waals surface area contributed by atoms with Crippen molar-refractivity contribution >= 4 is 11.6 Å². The molecule has 1 saturated heterocycles. The third kappa shape index (κ3) is 11.0. The SMILES string of the molecule is CCCCCC=CC/C=C/CCCCCCCC(=O)N1CCN(c2ccccc2OC)CC1. The predicted molar refractivity (Wildman–Crippen MR) is 141 cm³/mol. The highest BCUT2D eigenvalue weighted by Gasteiger charge is 2.22. The van der Waals surface area contributed by atoms with Crippen molar-refractivity contribution in [2.75, 3.05) is 38.2 Å². The summed E-state index contributed by atoms with van der Waals surface area (Å²) in [4.78, 5) is 16.9. The van der Waals surface area contributed by atoms with E-state index in [0.717, 1.165) is 56.9 Å². The molecule has 0 atom stereocenters. The highest BCUT2D eigenvalue weighted by atomic mass is 16.5. The lowest BCUT2D eigenvalue weighted by atomic mass is 10.1. The summed E-state index contributed by atoms with van der Waals surface area (Å²) in [6, 6.07) is 8.13. The van der Waals surface area contributed by atoms with Crippen LogP contribution in [0.15, 0.2) is 48.6 Å². The van der Waals surface area contributed by atoms with Crippen LogP contribution in [0.25, 0.3) is 0 Å². The number of anilines is 1. The van der Waals surface area contributed by atoms with Gasteiger partial charge in [0.25, 0.3) is 0 Å². The van der Waals surface area contributed by atoms with Crippen molar-refractivity contribution in [2.24, 2.45) is 0 Å². The first-order valence-corrected chi connectivity index (χ1v) is 13.2. The van der Waals surface area contributed by atoms with E-state index in [4.69, 9.17) is 4.74 Å². The minimum atomic E-state index is 0.320. The number of hydrogen-bond acceptors (Lipinski definition) is 3. The Morgan fingerprint density at radius 2 is 1.48 bits per heavy atom. The average molecular weight is 455 g/mol. The van der Waals surface area contributed by atoms with Gasteiger partial charge in [-0.05, 0) is 50.7 Å². The minimum absolute atomic E-state index is 0.320. The van der Waals surface area contributed by atoms with Crippen LogP contribution in [0.5, 0.6) is 5.75 Å². The van der Waals surface area contributed by atoms with Crippen LogP contribution in [0.1, 0.15) is 84.0 Å². The first-order chi connectivity index (χ1) is 16.3. The summed E-state index contributed by atoms with van der Waals surface area (Å²) in [5, 5.41) is 0. The number of para-hydroxylation sites is 2. The van der Waals surface area contributed by atoms with E-state index in [0.29, 0.717) is 12.3 Å². The van der Waals surface area contributed by atoms with E-state index in [-0.39, 0.29) is 0 Å². The van der Waals surface area contributed by atoms with Gasteiger partial charge in [-0.15, -0.1) is 0 Å². The van der Waals surface area contributed by atoms with Gasteiger partial charge >= 0.3 is 0 Å². The number of benzene rings is 1. The lowest BCUT2D eigenvalue weighted by Gasteiger charge is -2.36. The second-order valence-corrected chi connectivity index (χ2v) is 9.02. The van der Waals surface area contributed by atoms with Gasteiger partial charge in [0.2, 0.25) is 5.91 Å². The van der Waals surface area contributed by atoms with E-state index < -0.39 is 0 Å². The molecule has 1 aliphatic heterocycles. The molecule has 0 N–H and O–H groups in total. The summed E-state index contributed by atoms with van der Waals surface area (Å²) >= 11 is 0. The Bertz CT molecular complexity index is 705. The lowest BCUT2D eigenvalue weighted by molar-refractivity contribution is -0.131. The number of amides is 1. The zero-order chi connectivity index (χ0) is 23.6. The zero-order valence-electron chi connectivity index (χ0n) is 21.1. The fourth-order valence-corrected chi connectivity index (χ4v) is 4.33. The van der Waals surface area contributed by atoms with Crippen LogP contribution in [0, 0.1) is 0 Å². The largest absolute Gasteiger partial charge is 0.495 e. The van der Waals surface area contributed by atoms with Crippen molar-refractivity contribution in [3.05, 3.63) is 48.6 Å². The van der Waals surface area contributed by atoms with E-state index in [2.05, 4.69) is 42.2 Å². The Labute approximate surface area is 202 Å². The number of carbonyl (C=O) groups excluding carboxylic acids is 1. The summed E-state index contributed by atoms with van der Waals surface area (Å²) in [5.41, 5.74) is 1.13. The second-order valence-electron chi connectivity index (χ2n) is 9.02. The Hall–Kier alpha value is -2.23. The number of hydrogen-bond donors (Lipinski definition) is 0. The van der Waals surface area contributed by atoms with Crippen molar-refractivity contribution in [3.8, 4) is 5.75 Å². The number of piperazine rings is 1. The van der Waals surface area contributed by atoms with Gasteiger partial charge in [0.15, 0.2) is 0 Å². The van der Waals surface area contributed by atoms with E-state index in [1.165, 1.54) is 51.4 Å². The van der Waals surface area contributed by atoms with Gasteiger partial charge in [-0.2, -0.15) is 0 Å². The molecule has 0 aromatic heterocycles. The topological polar surface area (TPSA) is 32.8 Å². The third-order valence-electron chi connectivity index (χ3n) is 6.40. The molecule has 1 aromatic carbocycles. The van der Waals surface area contributed by atoms with Crippen LogP contribution < -0.4 is 9.64 Å². The standard InChI is InChI=1S/C29H46N2O2/c1-3-4-5-6-7-8-9-10-11-12-13-14-15-16-17-22-29(32)31-25-23-30(24-26-31)27-20-18-19-21-28(27)33-2/h7-8,10-11,18-21H,3-6,9,12-17,22-26H2,1-2H3/b8-7?,11-10+. The van der Waals surface area contributed by atoms with Crippen LogP contribution in [0.3, 0.4) is 0 Å². The van der Waals surface area contributed by atoms with Crippen LogP contribution in [0.4, 0.5) is 5.69 Å². The zero-order valence-corrected chi connectivity index (χ0v) is 21.1. The van der Waals surface area contributed by atoms with Gasteiger partial charge in [-0.3, -0.25) is 4.79 Å². The lowest BCUT2D eigenvalue weighted by Crippen LogP contribution is -2.48. The van der Waals surface area contributed by atoms with Gasteiger partial charge < -0.3 is 14.5 Å². The predicted octanol–water partition coefficient (Wildman–Crippen LogP) is 7.16. The summed E-state index contributed by atoms with van der Waals surface area (Å²) in [7, 11) is 1.71. The monoisotopic (exact) mass is 454 g/mol. The first kappa shape index (κ1) is 27.0. The van der Waals surface area contributed by atoms with Gasteiger partial charge in [0.05, 0.1) is 12.8 Å². The van der Waals surface area contributed by atoms with Crippen molar-refractivity contribution < 1.29 is 9.53 Å². The molecule has 4 nitrogen and oxygen atoms in total. The molecule has 2 rings (SSSR count). The molecule has 0 spiro atoms. The summed E-state index contributed by atoms with van der Waals surface area (Å²) < 4.78 is 5.48. The molecule has 1 aromatic rings. The minimum Gasteiger partial charge on any atom is -0.495 e. The highest BCUT2D eigenvalue weighted by Crippen LogP contribution is 2.28. The molecule has 4 heteroatoms. The van der Waals surface area contributed by atoms with E-state index in [9.17, 15) is 4.79 Å². The number of ether oxygens (including phenoxy) is 1. The maximum absolute atomic E-state index is 12.6. The molecule has 0 radical (unpaired) electrons. The number of methoxy groups -OCH3 is 1. The Balaban J connectivity index is 1.46. The van der Waals surface area contributed by atoms with Gasteiger partial charge in [-0.25, -0.2) is 0 Å². The molecule has 1 amide bonds. The van der Waals surface area contributed by atoms with Crippen LogP contribution in [-0.4, -0.2) is 44.1 Å². The van der Waals surface area contributed by atoms with Crippen molar-refractivity contribution in [2.45, 2.75) is 84.0 Å². The maximum atomic E-state index is 12.6. The molecule has 0 unspecified atom stereocenters. The van der Waals surface area contributed by atoms with Crippen molar-refractivity contribution in [1.29, 1.82) is 0 Å². The second kappa shape index (κ2) is 17.3. The number of allylic oxidation sites excluding steroid dienone is 4. The number of rotatable bonds is 16. The fraction of sp³-hybridized carbons (Fsp3) is 0.621. The average Bonchev–Trinajstić information content (AvgIpc) is 2.86. The Kier molecular flexibility index (Phi) is 14.1. The molecule has 1 fully saturated rings. The third-order valence-corrected chi connectivity index (χ3v) is 6.40. The summed E-state index contributed by atoms with van der Waals surface area (Å²) in [5.74, 6) is 1.22. The molecule has 0 bridgehead atoms. The normalized spacial score (nSPS) is 14.5. The molecule has 1 heterocycles. The summed E-state index contributed by atoms with van der Waals surface area (Å²) in [6.45, 7) is 5.59.